The number of para-hydroxylation sites is 1. The molecule has 1 rings (SSSR count). The Labute approximate surface area is 85.4 Å². The SMILES string of the molecule is CCOc1ccccc1C=C(C)CN. The van der Waals surface area contributed by atoms with E-state index in [4.69, 9.17) is 10.5 Å². The third kappa shape index (κ3) is 2.89. The molecule has 0 radical (unpaired) electrons. The molecule has 0 spiro atoms. The quantitative estimate of drug-likeness (QED) is 0.793. The van der Waals surface area contributed by atoms with Crippen LogP contribution in [0.15, 0.2) is 29.8 Å². The van der Waals surface area contributed by atoms with E-state index in [2.05, 4.69) is 6.08 Å². The van der Waals surface area contributed by atoms with Gasteiger partial charge in [0.15, 0.2) is 0 Å². The van der Waals surface area contributed by atoms with Gasteiger partial charge in [-0.15, -0.1) is 0 Å². The van der Waals surface area contributed by atoms with Gasteiger partial charge < -0.3 is 10.5 Å². The van der Waals surface area contributed by atoms with Crippen LogP contribution in [-0.4, -0.2) is 13.2 Å². The van der Waals surface area contributed by atoms with Gasteiger partial charge >= 0.3 is 0 Å². The van der Waals surface area contributed by atoms with Gasteiger partial charge in [-0.1, -0.05) is 29.8 Å². The van der Waals surface area contributed by atoms with Gasteiger partial charge in [0.2, 0.25) is 0 Å². The van der Waals surface area contributed by atoms with Crippen molar-refractivity contribution in [2.45, 2.75) is 13.8 Å². The smallest absolute Gasteiger partial charge is 0.126 e. The molecule has 76 valence electrons. The maximum Gasteiger partial charge on any atom is 0.126 e. The molecule has 0 fully saturated rings. The summed E-state index contributed by atoms with van der Waals surface area (Å²) in [5, 5.41) is 0. The molecule has 1 aromatic carbocycles. The second kappa shape index (κ2) is 5.45. The lowest BCUT2D eigenvalue weighted by Gasteiger charge is -2.07. The first-order valence-corrected chi connectivity index (χ1v) is 4.87. The van der Waals surface area contributed by atoms with Crippen LogP contribution in [0.2, 0.25) is 0 Å². The highest BCUT2D eigenvalue weighted by Gasteiger charge is 1.98. The molecular formula is C12H17NO. The van der Waals surface area contributed by atoms with E-state index in [-0.39, 0.29) is 0 Å². The summed E-state index contributed by atoms with van der Waals surface area (Å²) in [7, 11) is 0. The van der Waals surface area contributed by atoms with Gasteiger partial charge in [0.05, 0.1) is 6.61 Å². The van der Waals surface area contributed by atoms with E-state index in [0.717, 1.165) is 16.9 Å². The van der Waals surface area contributed by atoms with Crippen molar-refractivity contribution < 1.29 is 4.74 Å². The van der Waals surface area contributed by atoms with Crippen molar-refractivity contribution in [1.29, 1.82) is 0 Å². The topological polar surface area (TPSA) is 35.2 Å². The number of rotatable bonds is 4. The number of benzene rings is 1. The Morgan fingerprint density at radius 1 is 1.43 bits per heavy atom. The van der Waals surface area contributed by atoms with Crippen LogP contribution in [0.5, 0.6) is 5.75 Å². The molecular weight excluding hydrogens is 174 g/mol. The largest absolute Gasteiger partial charge is 0.493 e. The van der Waals surface area contributed by atoms with Crippen LogP contribution in [0.3, 0.4) is 0 Å². The fraction of sp³-hybridized carbons (Fsp3) is 0.333. The first-order chi connectivity index (χ1) is 6.77. The number of ether oxygens (including phenoxy) is 1. The monoisotopic (exact) mass is 191 g/mol. The summed E-state index contributed by atoms with van der Waals surface area (Å²) in [6.45, 7) is 5.27. The van der Waals surface area contributed by atoms with Crippen molar-refractivity contribution in [1.82, 2.24) is 0 Å². The Kier molecular flexibility index (Phi) is 4.20. The summed E-state index contributed by atoms with van der Waals surface area (Å²) in [4.78, 5) is 0. The van der Waals surface area contributed by atoms with Crippen molar-refractivity contribution in [3.8, 4) is 5.75 Å². The highest BCUT2D eigenvalue weighted by molar-refractivity contribution is 5.59. The zero-order valence-corrected chi connectivity index (χ0v) is 8.79. The van der Waals surface area contributed by atoms with E-state index in [1.54, 1.807) is 0 Å². The average molecular weight is 191 g/mol. The van der Waals surface area contributed by atoms with Crippen molar-refractivity contribution >= 4 is 6.08 Å². The van der Waals surface area contributed by atoms with Crippen molar-refractivity contribution in [3.63, 3.8) is 0 Å². The molecule has 0 amide bonds. The molecule has 0 aliphatic heterocycles. The first-order valence-electron chi connectivity index (χ1n) is 4.87. The van der Waals surface area contributed by atoms with E-state index in [1.807, 2.05) is 38.1 Å². The second-order valence-electron chi connectivity index (χ2n) is 3.17. The Hall–Kier alpha value is -1.28. The molecule has 1 aromatic rings. The van der Waals surface area contributed by atoms with E-state index in [9.17, 15) is 0 Å². The predicted octanol–water partition coefficient (Wildman–Crippen LogP) is 2.45. The molecule has 2 heteroatoms. The van der Waals surface area contributed by atoms with Crippen LogP contribution in [0, 0.1) is 0 Å². The van der Waals surface area contributed by atoms with Gasteiger partial charge in [-0.25, -0.2) is 0 Å². The number of hydrogen-bond acceptors (Lipinski definition) is 2. The minimum atomic E-state index is 0.584. The molecule has 14 heavy (non-hydrogen) atoms. The Morgan fingerprint density at radius 3 is 2.79 bits per heavy atom. The molecule has 0 aromatic heterocycles. The van der Waals surface area contributed by atoms with Gasteiger partial charge in [-0.2, -0.15) is 0 Å². The summed E-state index contributed by atoms with van der Waals surface area (Å²) in [5.74, 6) is 0.919. The van der Waals surface area contributed by atoms with E-state index < -0.39 is 0 Å². The summed E-state index contributed by atoms with van der Waals surface area (Å²) >= 11 is 0. The second-order valence-corrected chi connectivity index (χ2v) is 3.17. The summed E-state index contributed by atoms with van der Waals surface area (Å²) in [5.41, 5.74) is 7.78. The number of nitrogens with two attached hydrogens (primary N) is 1. The van der Waals surface area contributed by atoms with Gasteiger partial charge in [-0.05, 0) is 19.9 Å². The molecule has 0 unspecified atom stereocenters. The molecule has 0 aliphatic rings. The molecule has 0 heterocycles. The van der Waals surface area contributed by atoms with E-state index in [1.165, 1.54) is 0 Å². The van der Waals surface area contributed by atoms with Crippen molar-refractivity contribution in [2.75, 3.05) is 13.2 Å². The van der Waals surface area contributed by atoms with Crippen LogP contribution in [-0.2, 0) is 0 Å². The van der Waals surface area contributed by atoms with Crippen LogP contribution >= 0.6 is 0 Å². The van der Waals surface area contributed by atoms with Crippen molar-refractivity contribution in [3.05, 3.63) is 35.4 Å². The molecule has 2 nitrogen and oxygen atoms in total. The Bertz CT molecular complexity index is 318. The van der Waals surface area contributed by atoms with Crippen molar-refractivity contribution in [2.24, 2.45) is 5.73 Å². The maximum atomic E-state index is 5.53. The lowest BCUT2D eigenvalue weighted by molar-refractivity contribution is 0.339. The van der Waals surface area contributed by atoms with E-state index >= 15 is 0 Å². The predicted molar refractivity (Wildman–Crippen MR) is 60.3 cm³/mol. The lowest BCUT2D eigenvalue weighted by atomic mass is 10.1. The molecule has 0 atom stereocenters. The Balaban J connectivity index is 2.95. The highest BCUT2D eigenvalue weighted by atomic mass is 16.5. The third-order valence-corrected chi connectivity index (χ3v) is 1.94. The molecule has 0 aliphatic carbocycles. The number of hydrogen-bond donors (Lipinski definition) is 1. The molecule has 0 saturated heterocycles. The zero-order valence-electron chi connectivity index (χ0n) is 8.79. The van der Waals surface area contributed by atoms with E-state index in [0.29, 0.717) is 13.2 Å². The summed E-state index contributed by atoms with van der Waals surface area (Å²) in [6, 6.07) is 7.97. The summed E-state index contributed by atoms with van der Waals surface area (Å²) in [6.07, 6.45) is 2.06. The third-order valence-electron chi connectivity index (χ3n) is 1.94. The fourth-order valence-electron chi connectivity index (χ4n) is 1.21. The lowest BCUT2D eigenvalue weighted by Crippen LogP contribution is -2.00. The van der Waals surface area contributed by atoms with Gasteiger partial charge in [0.25, 0.3) is 0 Å². The molecule has 0 saturated carbocycles. The van der Waals surface area contributed by atoms with Gasteiger partial charge in [-0.3, -0.25) is 0 Å². The standard InChI is InChI=1S/C12H17NO/c1-3-14-12-7-5-4-6-11(12)8-10(2)9-13/h4-8H,3,9,13H2,1-2H3. The Morgan fingerprint density at radius 2 is 2.14 bits per heavy atom. The highest BCUT2D eigenvalue weighted by Crippen LogP contribution is 2.20. The van der Waals surface area contributed by atoms with Crippen LogP contribution in [0.25, 0.3) is 6.08 Å². The minimum Gasteiger partial charge on any atom is -0.493 e. The normalized spacial score (nSPS) is 11.5. The van der Waals surface area contributed by atoms with Gasteiger partial charge in [0.1, 0.15) is 5.75 Å². The zero-order chi connectivity index (χ0) is 10.4. The maximum absolute atomic E-state index is 5.53. The van der Waals surface area contributed by atoms with Crippen LogP contribution in [0.1, 0.15) is 19.4 Å². The average Bonchev–Trinajstić information content (AvgIpc) is 2.21. The molecule has 0 bridgehead atoms. The fourth-order valence-corrected chi connectivity index (χ4v) is 1.21. The summed E-state index contributed by atoms with van der Waals surface area (Å²) < 4.78 is 5.50. The van der Waals surface area contributed by atoms with Gasteiger partial charge in [0, 0.05) is 12.1 Å². The molecule has 2 N–H and O–H groups in total. The minimum absolute atomic E-state index is 0.584. The first kappa shape index (κ1) is 10.8. The van der Waals surface area contributed by atoms with Crippen LogP contribution in [0.4, 0.5) is 0 Å². The van der Waals surface area contributed by atoms with Crippen LogP contribution < -0.4 is 10.5 Å².